The molecule has 0 radical (unpaired) electrons. The van der Waals surface area contributed by atoms with E-state index in [0.29, 0.717) is 40.0 Å². The van der Waals surface area contributed by atoms with Crippen LogP contribution in [0.2, 0.25) is 5.02 Å². The molecule has 3 aromatic carbocycles. The summed E-state index contributed by atoms with van der Waals surface area (Å²) in [6, 6.07) is 19.3. The number of ether oxygens (including phenoxy) is 1. The first-order valence-corrected chi connectivity index (χ1v) is 14.1. The zero-order valence-electron chi connectivity index (χ0n) is 21.8. The number of carbonyl (C=O) groups is 2. The lowest BCUT2D eigenvalue weighted by atomic mass is 9.92. The number of nitrogens with zero attached hydrogens (tertiary/aromatic N) is 1. The van der Waals surface area contributed by atoms with E-state index >= 15 is 0 Å². The first-order valence-electron chi connectivity index (χ1n) is 12.3. The number of methoxy groups -OCH3 is 1. The zero-order valence-corrected chi connectivity index (χ0v) is 23.4. The maximum Gasteiger partial charge on any atom is 0.326 e. The Morgan fingerprint density at radius 2 is 1.90 bits per heavy atom. The number of oxazole rings is 1. The van der Waals surface area contributed by atoms with Crippen LogP contribution < -0.4 is 5.32 Å². The second-order valence-corrected chi connectivity index (χ2v) is 10.4. The molecule has 0 fully saturated rings. The molecule has 0 saturated heterocycles. The molecule has 2 N–H and O–H groups in total. The van der Waals surface area contributed by atoms with Gasteiger partial charge in [-0.2, -0.15) is 11.8 Å². The average Bonchev–Trinajstić information content (AvgIpc) is 3.41. The molecule has 0 saturated carbocycles. The van der Waals surface area contributed by atoms with E-state index in [4.69, 9.17) is 20.8 Å². The maximum atomic E-state index is 13.4. The summed E-state index contributed by atoms with van der Waals surface area (Å²) in [5.74, 6) is 0.0000113. The summed E-state index contributed by atoms with van der Waals surface area (Å²) in [5.41, 5.74) is 4.35. The van der Waals surface area contributed by atoms with Crippen LogP contribution in [-0.2, 0) is 9.53 Å². The second-order valence-electron chi connectivity index (χ2n) is 8.96. The molecule has 2 atom stereocenters. The number of hydrogen-bond acceptors (Lipinski definition) is 6. The van der Waals surface area contributed by atoms with Crippen LogP contribution in [0, 0.1) is 6.92 Å². The standard InChI is InChI=1S/C30H29ClN2O5S/c1-18-7-4-5-10-22(18)24-16-19(11-12-23(24)28(34)33-25(30(35)36)13-14-39-3)27(37-2)26-17-32-29(38-26)20-8-6-9-21(31)15-20/h4-12,15-17,25,27H,13-14H2,1-3H3,(H,33,34)(H,35,36). The first-order chi connectivity index (χ1) is 18.8. The molecule has 4 aromatic rings. The van der Waals surface area contributed by atoms with Gasteiger partial charge in [-0.3, -0.25) is 4.79 Å². The van der Waals surface area contributed by atoms with E-state index in [1.807, 2.05) is 55.6 Å². The molecule has 9 heteroatoms. The number of thioether (sulfide) groups is 1. The third-order valence-corrected chi connectivity index (χ3v) is 7.21. The molecular formula is C30H29ClN2O5S. The number of nitrogens with one attached hydrogen (secondary N) is 1. The SMILES string of the molecule is COC(c1ccc(C(=O)NC(CCSC)C(=O)O)c(-c2ccccc2C)c1)c1cnc(-c2cccc(Cl)c2)o1. The zero-order chi connectivity index (χ0) is 27.9. The summed E-state index contributed by atoms with van der Waals surface area (Å²) >= 11 is 7.66. The molecule has 1 aromatic heterocycles. The third-order valence-electron chi connectivity index (χ3n) is 6.33. The summed E-state index contributed by atoms with van der Waals surface area (Å²) in [6.45, 7) is 1.96. The number of carboxylic acid groups (broad SMARTS) is 1. The van der Waals surface area contributed by atoms with Gasteiger partial charge >= 0.3 is 5.97 Å². The number of benzene rings is 3. The van der Waals surface area contributed by atoms with Gasteiger partial charge in [-0.05, 0) is 77.9 Å². The number of aliphatic carboxylic acids is 1. The molecule has 7 nitrogen and oxygen atoms in total. The average molecular weight is 565 g/mol. The van der Waals surface area contributed by atoms with Crippen molar-refractivity contribution in [1.82, 2.24) is 10.3 Å². The fourth-order valence-electron chi connectivity index (χ4n) is 4.33. The molecule has 2 unspecified atom stereocenters. The van der Waals surface area contributed by atoms with Crippen LogP contribution in [0.15, 0.2) is 77.3 Å². The Kier molecular flexibility index (Phi) is 9.45. The van der Waals surface area contributed by atoms with Gasteiger partial charge in [0.05, 0.1) is 6.20 Å². The van der Waals surface area contributed by atoms with Crippen LogP contribution in [0.4, 0.5) is 0 Å². The molecule has 1 heterocycles. The van der Waals surface area contributed by atoms with Crippen molar-refractivity contribution < 1.29 is 23.8 Å². The van der Waals surface area contributed by atoms with Crippen molar-refractivity contribution in [3.8, 4) is 22.6 Å². The van der Waals surface area contributed by atoms with Gasteiger partial charge in [0.25, 0.3) is 5.91 Å². The number of aromatic nitrogens is 1. The van der Waals surface area contributed by atoms with Gasteiger partial charge in [0.15, 0.2) is 5.76 Å². The predicted octanol–water partition coefficient (Wildman–Crippen LogP) is 6.64. The lowest BCUT2D eigenvalue weighted by molar-refractivity contribution is -0.139. The Bertz CT molecular complexity index is 1470. The van der Waals surface area contributed by atoms with Gasteiger partial charge in [0.1, 0.15) is 12.1 Å². The summed E-state index contributed by atoms with van der Waals surface area (Å²) in [4.78, 5) is 29.6. The first kappa shape index (κ1) is 28.4. The van der Waals surface area contributed by atoms with Crippen molar-refractivity contribution in [2.45, 2.75) is 25.5 Å². The minimum atomic E-state index is -1.06. The highest BCUT2D eigenvalue weighted by molar-refractivity contribution is 7.98. The minimum absolute atomic E-state index is 0.326. The monoisotopic (exact) mass is 564 g/mol. The molecule has 0 aliphatic heterocycles. The normalized spacial score (nSPS) is 12.6. The molecule has 1 amide bonds. The van der Waals surface area contributed by atoms with E-state index in [-0.39, 0.29) is 0 Å². The number of amides is 1. The molecule has 202 valence electrons. The summed E-state index contributed by atoms with van der Waals surface area (Å²) < 4.78 is 11.9. The number of halogens is 1. The number of carbonyl (C=O) groups excluding carboxylic acids is 1. The molecule has 0 spiro atoms. The predicted molar refractivity (Wildman–Crippen MR) is 154 cm³/mol. The Morgan fingerprint density at radius 3 is 2.59 bits per heavy atom. The quantitative estimate of drug-likeness (QED) is 0.210. The minimum Gasteiger partial charge on any atom is -0.480 e. The van der Waals surface area contributed by atoms with E-state index in [2.05, 4.69) is 10.3 Å². The van der Waals surface area contributed by atoms with Crippen molar-refractivity contribution in [3.05, 3.63) is 100 Å². The van der Waals surface area contributed by atoms with Gasteiger partial charge in [-0.1, -0.05) is 48.0 Å². The Labute approximate surface area is 236 Å². The smallest absolute Gasteiger partial charge is 0.326 e. The van der Waals surface area contributed by atoms with Crippen LogP contribution in [0.1, 0.15) is 39.8 Å². The number of rotatable bonds is 11. The van der Waals surface area contributed by atoms with Gasteiger partial charge in [0.2, 0.25) is 5.89 Å². The molecular weight excluding hydrogens is 536 g/mol. The highest BCUT2D eigenvalue weighted by Crippen LogP contribution is 2.34. The van der Waals surface area contributed by atoms with E-state index in [9.17, 15) is 14.7 Å². The van der Waals surface area contributed by atoms with Crippen LogP contribution in [0.25, 0.3) is 22.6 Å². The number of aryl methyl sites for hydroxylation is 1. The fourth-order valence-corrected chi connectivity index (χ4v) is 4.99. The van der Waals surface area contributed by atoms with Crippen LogP contribution in [-0.4, -0.2) is 47.1 Å². The van der Waals surface area contributed by atoms with Crippen molar-refractivity contribution in [1.29, 1.82) is 0 Å². The highest BCUT2D eigenvalue weighted by atomic mass is 35.5. The fraction of sp³-hybridized carbons (Fsp3) is 0.233. The summed E-state index contributed by atoms with van der Waals surface area (Å²) in [6.07, 6.45) is 3.24. The van der Waals surface area contributed by atoms with Crippen molar-refractivity contribution in [3.63, 3.8) is 0 Å². The second kappa shape index (κ2) is 13.0. The molecule has 39 heavy (non-hydrogen) atoms. The highest BCUT2D eigenvalue weighted by Gasteiger charge is 2.25. The lowest BCUT2D eigenvalue weighted by Gasteiger charge is -2.19. The van der Waals surface area contributed by atoms with Gasteiger partial charge < -0.3 is 19.6 Å². The topological polar surface area (TPSA) is 102 Å². The molecule has 0 bridgehead atoms. The third kappa shape index (κ3) is 6.71. The van der Waals surface area contributed by atoms with E-state index in [1.54, 1.807) is 37.6 Å². The number of hydrogen-bond donors (Lipinski definition) is 2. The van der Waals surface area contributed by atoms with Gasteiger partial charge in [-0.15, -0.1) is 0 Å². The van der Waals surface area contributed by atoms with Gasteiger partial charge in [-0.25, -0.2) is 9.78 Å². The molecule has 0 aliphatic carbocycles. The van der Waals surface area contributed by atoms with Crippen LogP contribution in [0.5, 0.6) is 0 Å². The maximum absolute atomic E-state index is 13.4. The van der Waals surface area contributed by atoms with Gasteiger partial charge in [0, 0.05) is 23.3 Å². The summed E-state index contributed by atoms with van der Waals surface area (Å²) in [5, 5.41) is 12.9. The molecule has 4 rings (SSSR count). The molecule has 0 aliphatic rings. The number of carboxylic acids is 1. The van der Waals surface area contributed by atoms with Crippen molar-refractivity contribution in [2.24, 2.45) is 0 Å². The largest absolute Gasteiger partial charge is 0.480 e. The Hall–Kier alpha value is -3.59. The summed E-state index contributed by atoms with van der Waals surface area (Å²) in [7, 11) is 1.57. The van der Waals surface area contributed by atoms with Crippen LogP contribution >= 0.6 is 23.4 Å². The van der Waals surface area contributed by atoms with Crippen LogP contribution in [0.3, 0.4) is 0 Å². The van der Waals surface area contributed by atoms with E-state index in [1.165, 1.54) is 11.8 Å². The Balaban J connectivity index is 1.73. The Morgan fingerprint density at radius 1 is 1.10 bits per heavy atom. The van der Waals surface area contributed by atoms with E-state index < -0.39 is 24.0 Å². The van der Waals surface area contributed by atoms with Crippen molar-refractivity contribution >= 4 is 35.2 Å². The van der Waals surface area contributed by atoms with E-state index in [0.717, 1.165) is 22.3 Å². The van der Waals surface area contributed by atoms with Crippen molar-refractivity contribution in [2.75, 3.05) is 19.1 Å². The lowest BCUT2D eigenvalue weighted by Crippen LogP contribution is -2.41.